The fraction of sp³-hybridized carbons (Fsp3) is 0.105. The molecule has 0 unspecified atom stereocenters. The van der Waals surface area contributed by atoms with Crippen LogP contribution in [0.3, 0.4) is 0 Å². The van der Waals surface area contributed by atoms with E-state index in [0.29, 0.717) is 17.1 Å². The molecule has 2 aromatic carbocycles. The zero-order valence-corrected chi connectivity index (χ0v) is 15.1. The van der Waals surface area contributed by atoms with Crippen molar-refractivity contribution in [3.8, 4) is 5.75 Å². The molecule has 0 saturated carbocycles. The number of para-hydroxylation sites is 1. The first-order chi connectivity index (χ1) is 12.5. The van der Waals surface area contributed by atoms with E-state index < -0.39 is 0 Å². The largest absolute Gasteiger partial charge is 0.495 e. The molecule has 26 heavy (non-hydrogen) atoms. The summed E-state index contributed by atoms with van der Waals surface area (Å²) < 4.78 is 6.31. The number of hydrogen-bond donors (Lipinski definition) is 2. The van der Waals surface area contributed by atoms with Crippen molar-refractivity contribution in [3.05, 3.63) is 53.5 Å². The number of fused-ring (bicyclic) bond motifs is 1. The number of carbonyl (C=O) groups is 2. The van der Waals surface area contributed by atoms with Gasteiger partial charge in [-0.15, -0.1) is 11.3 Å². The third kappa shape index (κ3) is 4.25. The van der Waals surface area contributed by atoms with Crippen LogP contribution >= 0.6 is 11.3 Å². The first-order valence-corrected chi connectivity index (χ1v) is 8.67. The molecule has 6 nitrogen and oxygen atoms in total. The van der Waals surface area contributed by atoms with Crippen LogP contribution in [0.5, 0.6) is 5.75 Å². The summed E-state index contributed by atoms with van der Waals surface area (Å²) in [6, 6.07) is 12.8. The molecule has 132 valence electrons. The Morgan fingerprint density at radius 3 is 2.69 bits per heavy atom. The van der Waals surface area contributed by atoms with Gasteiger partial charge in [0, 0.05) is 18.7 Å². The number of nitrogens with one attached hydrogen (secondary N) is 2. The van der Waals surface area contributed by atoms with Crippen LogP contribution in [0.4, 0.5) is 11.4 Å². The van der Waals surface area contributed by atoms with Gasteiger partial charge in [-0.1, -0.05) is 12.1 Å². The van der Waals surface area contributed by atoms with Crippen molar-refractivity contribution in [2.75, 3.05) is 17.7 Å². The third-order valence-electron chi connectivity index (χ3n) is 3.47. The number of anilines is 2. The highest BCUT2D eigenvalue weighted by molar-refractivity contribution is 7.19. The summed E-state index contributed by atoms with van der Waals surface area (Å²) in [6.45, 7) is 1.42. The minimum Gasteiger partial charge on any atom is -0.495 e. The summed E-state index contributed by atoms with van der Waals surface area (Å²) in [4.78, 5) is 27.9. The molecule has 2 amide bonds. The number of hydrogen-bond acceptors (Lipinski definition) is 5. The van der Waals surface area contributed by atoms with E-state index in [1.54, 1.807) is 24.3 Å². The lowest BCUT2D eigenvalue weighted by atomic mass is 10.2. The second kappa shape index (κ2) is 7.79. The van der Waals surface area contributed by atoms with Crippen molar-refractivity contribution in [2.45, 2.75) is 6.92 Å². The summed E-state index contributed by atoms with van der Waals surface area (Å²) in [6.07, 6.45) is 3.09. The van der Waals surface area contributed by atoms with E-state index in [0.717, 1.165) is 15.2 Å². The number of amides is 2. The van der Waals surface area contributed by atoms with Crippen LogP contribution in [0.1, 0.15) is 11.9 Å². The van der Waals surface area contributed by atoms with Crippen LogP contribution in [0.15, 0.2) is 48.5 Å². The van der Waals surface area contributed by atoms with Gasteiger partial charge in [0.15, 0.2) is 0 Å². The zero-order chi connectivity index (χ0) is 18.5. The molecule has 0 saturated heterocycles. The second-order valence-electron chi connectivity index (χ2n) is 5.44. The van der Waals surface area contributed by atoms with Gasteiger partial charge in [0.1, 0.15) is 10.8 Å². The number of carbonyl (C=O) groups excluding carboxylic acids is 2. The Kier molecular flexibility index (Phi) is 5.28. The highest BCUT2D eigenvalue weighted by atomic mass is 32.1. The zero-order valence-electron chi connectivity index (χ0n) is 14.3. The second-order valence-corrected chi connectivity index (χ2v) is 6.50. The van der Waals surface area contributed by atoms with Crippen molar-refractivity contribution in [3.63, 3.8) is 0 Å². The third-order valence-corrected chi connectivity index (χ3v) is 4.47. The fourth-order valence-corrected chi connectivity index (χ4v) is 3.24. The summed E-state index contributed by atoms with van der Waals surface area (Å²) in [7, 11) is 1.51. The van der Waals surface area contributed by atoms with Crippen molar-refractivity contribution in [1.82, 2.24) is 4.98 Å². The van der Waals surface area contributed by atoms with E-state index in [1.165, 1.54) is 31.4 Å². The fourth-order valence-electron chi connectivity index (χ4n) is 2.37. The van der Waals surface area contributed by atoms with Gasteiger partial charge in [0.2, 0.25) is 11.8 Å². The lowest BCUT2D eigenvalue weighted by Crippen LogP contribution is -2.10. The maximum Gasteiger partial charge on any atom is 0.248 e. The van der Waals surface area contributed by atoms with Crippen LogP contribution in [-0.2, 0) is 9.59 Å². The molecular formula is C19H17N3O3S. The summed E-state index contributed by atoms with van der Waals surface area (Å²) in [5, 5.41) is 6.17. The van der Waals surface area contributed by atoms with Crippen molar-refractivity contribution in [1.29, 1.82) is 0 Å². The quantitative estimate of drug-likeness (QED) is 0.670. The van der Waals surface area contributed by atoms with E-state index in [2.05, 4.69) is 15.6 Å². The average Bonchev–Trinajstić information content (AvgIpc) is 3.03. The molecule has 0 aliphatic carbocycles. The number of rotatable bonds is 5. The molecule has 0 atom stereocenters. The molecule has 1 heterocycles. The minimum absolute atomic E-state index is 0.192. The molecule has 0 spiro atoms. The lowest BCUT2D eigenvalue weighted by Gasteiger charge is -2.11. The molecule has 0 bridgehead atoms. The van der Waals surface area contributed by atoms with Crippen LogP contribution < -0.4 is 15.4 Å². The first kappa shape index (κ1) is 17.6. The molecule has 3 aromatic rings. The number of aromatic nitrogens is 1. The summed E-state index contributed by atoms with van der Waals surface area (Å²) in [5.74, 6) is -0.00783. The molecule has 0 aliphatic heterocycles. The van der Waals surface area contributed by atoms with Crippen LogP contribution in [-0.4, -0.2) is 23.9 Å². The van der Waals surface area contributed by atoms with Gasteiger partial charge in [-0.2, -0.15) is 0 Å². The van der Waals surface area contributed by atoms with E-state index in [1.807, 2.05) is 24.3 Å². The van der Waals surface area contributed by atoms with Gasteiger partial charge >= 0.3 is 0 Å². The Bertz CT molecular complexity index is 962. The minimum atomic E-state index is -0.317. The molecule has 1 aromatic heterocycles. The molecule has 7 heteroatoms. The Morgan fingerprint density at radius 2 is 1.96 bits per heavy atom. The van der Waals surface area contributed by atoms with E-state index in [9.17, 15) is 9.59 Å². The molecule has 0 aliphatic rings. The predicted molar refractivity (Wildman–Crippen MR) is 105 cm³/mol. The van der Waals surface area contributed by atoms with Gasteiger partial charge < -0.3 is 15.4 Å². The summed E-state index contributed by atoms with van der Waals surface area (Å²) >= 11 is 1.51. The van der Waals surface area contributed by atoms with E-state index >= 15 is 0 Å². The van der Waals surface area contributed by atoms with Crippen molar-refractivity contribution in [2.24, 2.45) is 0 Å². The number of ether oxygens (including phenoxy) is 1. The normalized spacial score (nSPS) is 10.8. The number of benzene rings is 2. The smallest absolute Gasteiger partial charge is 0.248 e. The molecule has 0 fully saturated rings. The van der Waals surface area contributed by atoms with E-state index in [4.69, 9.17) is 4.74 Å². The van der Waals surface area contributed by atoms with Gasteiger partial charge in [-0.05, 0) is 36.4 Å². The SMILES string of the molecule is COc1ccc(NC(C)=O)cc1NC(=O)/C=C/c1nc2ccccc2s1. The highest BCUT2D eigenvalue weighted by Gasteiger charge is 2.08. The number of thiazole rings is 1. The predicted octanol–water partition coefficient (Wildman–Crippen LogP) is 3.92. The van der Waals surface area contributed by atoms with Gasteiger partial charge in [-0.3, -0.25) is 9.59 Å². The Hall–Kier alpha value is -3.19. The monoisotopic (exact) mass is 367 g/mol. The Labute approximate surface area is 154 Å². The maximum atomic E-state index is 12.2. The first-order valence-electron chi connectivity index (χ1n) is 7.85. The van der Waals surface area contributed by atoms with Crippen molar-refractivity contribution < 1.29 is 14.3 Å². The molecule has 2 N–H and O–H groups in total. The van der Waals surface area contributed by atoms with Crippen molar-refractivity contribution >= 4 is 50.8 Å². The van der Waals surface area contributed by atoms with Crippen LogP contribution in [0, 0.1) is 0 Å². The number of methoxy groups -OCH3 is 1. The Balaban J connectivity index is 1.75. The lowest BCUT2D eigenvalue weighted by molar-refractivity contribution is -0.114. The molecule has 0 radical (unpaired) electrons. The highest BCUT2D eigenvalue weighted by Crippen LogP contribution is 2.28. The van der Waals surface area contributed by atoms with Gasteiger partial charge in [0.25, 0.3) is 0 Å². The molecule has 3 rings (SSSR count). The summed E-state index contributed by atoms with van der Waals surface area (Å²) in [5.41, 5.74) is 1.95. The topological polar surface area (TPSA) is 80.3 Å². The van der Waals surface area contributed by atoms with Gasteiger partial charge in [0.05, 0.1) is 23.0 Å². The van der Waals surface area contributed by atoms with Crippen LogP contribution in [0.25, 0.3) is 16.3 Å². The number of nitrogens with zero attached hydrogens (tertiary/aromatic N) is 1. The van der Waals surface area contributed by atoms with Gasteiger partial charge in [-0.25, -0.2) is 4.98 Å². The van der Waals surface area contributed by atoms with E-state index in [-0.39, 0.29) is 11.8 Å². The standard InChI is InChI=1S/C19H17N3O3S/c1-12(23)20-13-7-8-16(25-2)15(11-13)21-18(24)9-10-19-22-14-5-3-4-6-17(14)26-19/h3-11H,1-2H3,(H,20,23)(H,21,24)/b10-9+. The Morgan fingerprint density at radius 1 is 1.15 bits per heavy atom. The average molecular weight is 367 g/mol. The molecular weight excluding hydrogens is 350 g/mol. The maximum absolute atomic E-state index is 12.2. The van der Waals surface area contributed by atoms with Crippen LogP contribution in [0.2, 0.25) is 0 Å².